The van der Waals surface area contributed by atoms with Crippen LogP contribution in [0.1, 0.15) is 17.6 Å². The molecule has 56 valence electrons. The zero-order valence-corrected chi connectivity index (χ0v) is 5.61. The first-order valence-electron chi connectivity index (χ1n) is 2.96. The maximum absolute atomic E-state index is 8.96. The van der Waals surface area contributed by atoms with Crippen LogP contribution in [0.15, 0.2) is 10.6 Å². The number of nitrogens with zero attached hydrogens (tertiary/aromatic N) is 1. The third-order valence-corrected chi connectivity index (χ3v) is 1.15. The van der Waals surface area contributed by atoms with E-state index in [0.29, 0.717) is 11.5 Å². The summed E-state index contributed by atoms with van der Waals surface area (Å²) in [6, 6.07) is 1.58. The standard InChI is InChI=1S/C6H9NO3/c1-4-2-6(10-7-4)5(9)3-8/h2,5,8-9H,3H2,1H3/t5-/m1/s1. The third-order valence-electron chi connectivity index (χ3n) is 1.15. The molecule has 1 atom stereocenters. The molecule has 1 heterocycles. The van der Waals surface area contributed by atoms with Crippen molar-refractivity contribution in [1.82, 2.24) is 5.16 Å². The maximum atomic E-state index is 8.96. The lowest BCUT2D eigenvalue weighted by Gasteiger charge is -1.98. The average molecular weight is 143 g/mol. The zero-order valence-electron chi connectivity index (χ0n) is 5.61. The number of aliphatic hydroxyl groups is 2. The Morgan fingerprint density at radius 2 is 2.50 bits per heavy atom. The van der Waals surface area contributed by atoms with Crippen molar-refractivity contribution < 1.29 is 14.7 Å². The summed E-state index contributed by atoms with van der Waals surface area (Å²) in [6.07, 6.45) is -0.943. The Balaban J connectivity index is 2.74. The molecule has 2 N–H and O–H groups in total. The highest BCUT2D eigenvalue weighted by Gasteiger charge is 2.10. The Labute approximate surface area is 58.1 Å². The molecule has 0 unspecified atom stereocenters. The number of aryl methyl sites for hydroxylation is 1. The monoisotopic (exact) mass is 143 g/mol. The maximum Gasteiger partial charge on any atom is 0.167 e. The van der Waals surface area contributed by atoms with E-state index < -0.39 is 6.10 Å². The molecule has 0 saturated heterocycles. The normalized spacial score (nSPS) is 13.5. The highest BCUT2D eigenvalue weighted by atomic mass is 16.5. The first-order chi connectivity index (χ1) is 4.74. The van der Waals surface area contributed by atoms with Crippen LogP contribution < -0.4 is 0 Å². The molecule has 0 aliphatic carbocycles. The van der Waals surface area contributed by atoms with Crippen molar-refractivity contribution in [3.05, 3.63) is 17.5 Å². The summed E-state index contributed by atoms with van der Waals surface area (Å²) in [7, 11) is 0. The summed E-state index contributed by atoms with van der Waals surface area (Å²) in [5.41, 5.74) is 0.697. The highest BCUT2D eigenvalue weighted by Crippen LogP contribution is 2.11. The first kappa shape index (κ1) is 7.24. The molecule has 0 aliphatic heterocycles. The summed E-state index contributed by atoms with van der Waals surface area (Å²) in [5.74, 6) is 0.306. The van der Waals surface area contributed by atoms with E-state index in [0.717, 1.165) is 0 Å². The van der Waals surface area contributed by atoms with Crippen LogP contribution in [0.25, 0.3) is 0 Å². The van der Waals surface area contributed by atoms with Crippen LogP contribution in [0, 0.1) is 6.92 Å². The minimum absolute atomic E-state index is 0.306. The van der Waals surface area contributed by atoms with Crippen molar-refractivity contribution in [3.63, 3.8) is 0 Å². The van der Waals surface area contributed by atoms with Gasteiger partial charge in [-0.25, -0.2) is 0 Å². The van der Waals surface area contributed by atoms with Gasteiger partial charge in [-0.15, -0.1) is 0 Å². The first-order valence-corrected chi connectivity index (χ1v) is 2.96. The van der Waals surface area contributed by atoms with Crippen LogP contribution in [0.2, 0.25) is 0 Å². The third kappa shape index (κ3) is 1.34. The summed E-state index contributed by atoms with van der Waals surface area (Å²) >= 11 is 0. The fraction of sp³-hybridized carbons (Fsp3) is 0.500. The van der Waals surface area contributed by atoms with Gasteiger partial charge in [-0.1, -0.05) is 5.16 Å². The molecule has 1 aromatic rings. The topological polar surface area (TPSA) is 66.5 Å². The Morgan fingerprint density at radius 1 is 1.80 bits per heavy atom. The summed E-state index contributed by atoms with van der Waals surface area (Å²) in [4.78, 5) is 0. The number of aliphatic hydroxyl groups excluding tert-OH is 2. The number of hydrogen-bond donors (Lipinski definition) is 2. The van der Waals surface area contributed by atoms with Gasteiger partial charge in [0.05, 0.1) is 12.3 Å². The molecular formula is C6H9NO3. The molecule has 4 heteroatoms. The van der Waals surface area contributed by atoms with E-state index in [1.165, 1.54) is 0 Å². The van der Waals surface area contributed by atoms with E-state index in [4.69, 9.17) is 10.2 Å². The minimum Gasteiger partial charge on any atom is -0.393 e. The van der Waals surface area contributed by atoms with Gasteiger partial charge in [-0.05, 0) is 6.92 Å². The predicted octanol–water partition coefficient (Wildman–Crippen LogP) is 0.00872. The fourth-order valence-electron chi connectivity index (χ4n) is 0.630. The number of rotatable bonds is 2. The molecule has 1 rings (SSSR count). The van der Waals surface area contributed by atoms with Gasteiger partial charge >= 0.3 is 0 Å². The Morgan fingerprint density at radius 3 is 2.90 bits per heavy atom. The molecular weight excluding hydrogens is 134 g/mol. The van der Waals surface area contributed by atoms with E-state index in [2.05, 4.69) is 9.68 Å². The second-order valence-electron chi connectivity index (χ2n) is 2.07. The van der Waals surface area contributed by atoms with E-state index >= 15 is 0 Å². The molecule has 0 saturated carbocycles. The van der Waals surface area contributed by atoms with Crippen LogP contribution in [-0.2, 0) is 0 Å². The van der Waals surface area contributed by atoms with E-state index in [1.54, 1.807) is 13.0 Å². The molecule has 1 aromatic heterocycles. The van der Waals surface area contributed by atoms with Crippen LogP contribution in [-0.4, -0.2) is 22.0 Å². The van der Waals surface area contributed by atoms with Gasteiger partial charge < -0.3 is 14.7 Å². The lowest BCUT2D eigenvalue weighted by atomic mass is 10.3. The lowest BCUT2D eigenvalue weighted by molar-refractivity contribution is 0.0720. The van der Waals surface area contributed by atoms with Crippen molar-refractivity contribution in [1.29, 1.82) is 0 Å². The predicted molar refractivity (Wildman–Crippen MR) is 33.3 cm³/mol. The smallest absolute Gasteiger partial charge is 0.167 e. The van der Waals surface area contributed by atoms with Crippen molar-refractivity contribution in [2.75, 3.05) is 6.61 Å². The number of aromatic nitrogens is 1. The van der Waals surface area contributed by atoms with Crippen LogP contribution in [0.5, 0.6) is 0 Å². The largest absolute Gasteiger partial charge is 0.393 e. The van der Waals surface area contributed by atoms with Crippen molar-refractivity contribution >= 4 is 0 Å². The van der Waals surface area contributed by atoms with Crippen molar-refractivity contribution in [2.45, 2.75) is 13.0 Å². The summed E-state index contributed by atoms with van der Waals surface area (Å²) in [6.45, 7) is 1.41. The summed E-state index contributed by atoms with van der Waals surface area (Å²) in [5, 5.41) is 21.0. The van der Waals surface area contributed by atoms with Gasteiger partial charge in [-0.3, -0.25) is 0 Å². The van der Waals surface area contributed by atoms with E-state index in [9.17, 15) is 0 Å². The van der Waals surface area contributed by atoms with Crippen molar-refractivity contribution in [2.24, 2.45) is 0 Å². The highest BCUT2D eigenvalue weighted by molar-refractivity contribution is 5.05. The lowest BCUT2D eigenvalue weighted by Crippen LogP contribution is -2.00. The fourth-order valence-corrected chi connectivity index (χ4v) is 0.630. The van der Waals surface area contributed by atoms with Gasteiger partial charge in [0.2, 0.25) is 0 Å². The Bertz CT molecular complexity index is 209. The van der Waals surface area contributed by atoms with Crippen LogP contribution in [0.4, 0.5) is 0 Å². The van der Waals surface area contributed by atoms with Gasteiger partial charge in [-0.2, -0.15) is 0 Å². The Hall–Kier alpha value is -0.870. The van der Waals surface area contributed by atoms with Gasteiger partial charge in [0.25, 0.3) is 0 Å². The SMILES string of the molecule is Cc1cc([C@H](O)CO)on1. The molecule has 0 bridgehead atoms. The molecule has 0 fully saturated rings. The van der Waals surface area contributed by atoms with Gasteiger partial charge in [0.15, 0.2) is 5.76 Å². The van der Waals surface area contributed by atoms with Crippen molar-refractivity contribution in [3.8, 4) is 0 Å². The second kappa shape index (κ2) is 2.81. The molecule has 0 amide bonds. The molecule has 0 aromatic carbocycles. The Kier molecular flexibility index (Phi) is 2.03. The van der Waals surface area contributed by atoms with Crippen LogP contribution in [0.3, 0.4) is 0 Å². The molecule has 0 spiro atoms. The molecule has 0 aliphatic rings. The van der Waals surface area contributed by atoms with Gasteiger partial charge in [0, 0.05) is 6.07 Å². The van der Waals surface area contributed by atoms with E-state index in [1.807, 2.05) is 0 Å². The van der Waals surface area contributed by atoms with Gasteiger partial charge in [0.1, 0.15) is 6.10 Å². The molecule has 10 heavy (non-hydrogen) atoms. The van der Waals surface area contributed by atoms with E-state index in [-0.39, 0.29) is 6.61 Å². The second-order valence-corrected chi connectivity index (χ2v) is 2.07. The zero-order chi connectivity index (χ0) is 7.56. The quantitative estimate of drug-likeness (QED) is 0.612. The molecule has 4 nitrogen and oxygen atoms in total. The minimum atomic E-state index is -0.943. The van der Waals surface area contributed by atoms with Crippen LogP contribution >= 0.6 is 0 Å². The summed E-state index contributed by atoms with van der Waals surface area (Å²) < 4.78 is 4.66. The number of hydrogen-bond acceptors (Lipinski definition) is 4. The average Bonchev–Trinajstić information content (AvgIpc) is 2.34. The molecule has 0 radical (unpaired) electrons.